The van der Waals surface area contributed by atoms with Crippen molar-refractivity contribution in [3.05, 3.63) is 0 Å². The highest BCUT2D eigenvalue weighted by Crippen LogP contribution is 2.09. The summed E-state index contributed by atoms with van der Waals surface area (Å²) in [6.45, 7) is 2.67. The van der Waals surface area contributed by atoms with Crippen molar-refractivity contribution in [2.24, 2.45) is 5.73 Å². The maximum absolute atomic E-state index is 12.3. The average Bonchev–Trinajstić information content (AvgIpc) is 1.62. The summed E-state index contributed by atoms with van der Waals surface area (Å²) in [4.78, 5) is 0. The molecule has 50 valence electrons. The molecule has 0 heterocycles. The van der Waals surface area contributed by atoms with Gasteiger partial charge in [0.15, 0.2) is 0 Å². The summed E-state index contributed by atoms with van der Waals surface area (Å²) >= 11 is 0. The Morgan fingerprint density at radius 2 is 2.12 bits per heavy atom. The average molecular weight is 121 g/mol. The van der Waals surface area contributed by atoms with Gasteiger partial charge in [-0.25, -0.2) is 4.39 Å². The molecule has 0 unspecified atom stereocenters. The van der Waals surface area contributed by atoms with Crippen molar-refractivity contribution in [1.29, 1.82) is 0 Å². The quantitative estimate of drug-likeness (QED) is 0.542. The van der Waals surface area contributed by atoms with Crippen LogP contribution in [0.4, 0.5) is 4.39 Å². The van der Waals surface area contributed by atoms with Crippen LogP contribution in [0.1, 0.15) is 13.8 Å². The molecule has 3 N–H and O–H groups in total. The molecule has 8 heavy (non-hydrogen) atoms. The summed E-state index contributed by atoms with van der Waals surface area (Å²) in [7, 11) is 0. The van der Waals surface area contributed by atoms with Crippen molar-refractivity contribution in [2.75, 3.05) is 6.54 Å². The number of halogens is 1. The third-order valence-electron chi connectivity index (χ3n) is 0.973. The van der Waals surface area contributed by atoms with Crippen LogP contribution in [0, 0.1) is 0 Å². The molecule has 0 aliphatic carbocycles. The topological polar surface area (TPSA) is 46.2 Å². The monoisotopic (exact) mass is 121 g/mol. The van der Waals surface area contributed by atoms with Crippen molar-refractivity contribution >= 4 is 0 Å². The second-order valence-electron chi connectivity index (χ2n) is 2.36. The highest BCUT2D eigenvalue weighted by Gasteiger charge is 2.24. The van der Waals surface area contributed by atoms with Gasteiger partial charge in [0.05, 0.1) is 5.60 Å². The minimum absolute atomic E-state index is 0.122. The zero-order valence-corrected chi connectivity index (χ0v) is 5.19. The molecule has 0 fully saturated rings. The normalized spacial score (nSPS) is 16.1. The van der Waals surface area contributed by atoms with Crippen molar-refractivity contribution in [2.45, 2.75) is 25.6 Å². The maximum Gasteiger partial charge on any atom is 0.140 e. The Labute approximate surface area is 48.5 Å². The molecule has 0 rings (SSSR count). The van der Waals surface area contributed by atoms with Crippen LogP contribution in [-0.2, 0) is 0 Å². The zero-order chi connectivity index (χ0) is 6.78. The van der Waals surface area contributed by atoms with E-state index < -0.39 is 11.8 Å². The van der Waals surface area contributed by atoms with Gasteiger partial charge in [-0.05, 0) is 13.8 Å². The molecule has 0 aliphatic heterocycles. The largest absolute Gasteiger partial charge is 0.387 e. The summed E-state index contributed by atoms with van der Waals surface area (Å²) in [5, 5.41) is 8.83. The zero-order valence-electron chi connectivity index (χ0n) is 5.19. The van der Waals surface area contributed by atoms with Gasteiger partial charge in [0.25, 0.3) is 0 Å². The predicted molar refractivity (Wildman–Crippen MR) is 30.2 cm³/mol. The molecule has 0 aromatic carbocycles. The number of nitrogens with two attached hydrogens (primary N) is 1. The molecule has 0 saturated heterocycles. The van der Waals surface area contributed by atoms with Crippen LogP contribution in [0.5, 0.6) is 0 Å². The number of rotatable bonds is 2. The highest BCUT2D eigenvalue weighted by molar-refractivity contribution is 4.76. The number of hydrogen-bond donors (Lipinski definition) is 2. The Balaban J connectivity index is 3.62. The van der Waals surface area contributed by atoms with Gasteiger partial charge in [-0.15, -0.1) is 0 Å². The summed E-state index contributed by atoms with van der Waals surface area (Å²) in [6.07, 6.45) is -1.32. The SMILES string of the molecule is CC(C)(O)[C@@H](F)CN. The lowest BCUT2D eigenvalue weighted by molar-refractivity contribution is 0.00143. The molecule has 0 aromatic heterocycles. The van der Waals surface area contributed by atoms with Gasteiger partial charge in [0.2, 0.25) is 0 Å². The molecule has 1 atom stereocenters. The van der Waals surface area contributed by atoms with Gasteiger partial charge in [0.1, 0.15) is 6.17 Å². The summed E-state index contributed by atoms with van der Waals surface area (Å²) in [5.74, 6) is 0. The lowest BCUT2D eigenvalue weighted by Gasteiger charge is -2.20. The highest BCUT2D eigenvalue weighted by atomic mass is 19.1. The van der Waals surface area contributed by atoms with E-state index in [-0.39, 0.29) is 6.54 Å². The van der Waals surface area contributed by atoms with Crippen LogP contribution in [0.3, 0.4) is 0 Å². The van der Waals surface area contributed by atoms with Gasteiger partial charge in [-0.2, -0.15) is 0 Å². The summed E-state index contributed by atoms with van der Waals surface area (Å²) in [5.41, 5.74) is 3.64. The van der Waals surface area contributed by atoms with Crippen LogP contribution < -0.4 is 5.73 Å². The van der Waals surface area contributed by atoms with E-state index in [1.54, 1.807) is 0 Å². The van der Waals surface area contributed by atoms with Crippen molar-refractivity contribution in [1.82, 2.24) is 0 Å². The molecule has 0 saturated carbocycles. The Bertz CT molecular complexity index is 69.3. The van der Waals surface area contributed by atoms with Gasteiger partial charge < -0.3 is 10.8 Å². The third kappa shape index (κ3) is 2.23. The number of aliphatic hydroxyl groups is 1. The molecular weight excluding hydrogens is 109 g/mol. The molecule has 0 spiro atoms. The second kappa shape index (κ2) is 2.42. The predicted octanol–water partition coefficient (Wildman–Crippen LogP) is 0.0541. The molecule has 0 aliphatic rings. The standard InChI is InChI=1S/C5H12FNO/c1-5(2,8)4(6)3-7/h4,8H,3,7H2,1-2H3/t4-/m0/s1. The number of alkyl halides is 1. The Morgan fingerprint density at radius 1 is 1.75 bits per heavy atom. The first-order valence-electron chi connectivity index (χ1n) is 2.55. The van der Waals surface area contributed by atoms with E-state index >= 15 is 0 Å². The van der Waals surface area contributed by atoms with Crippen LogP contribution >= 0.6 is 0 Å². The first-order chi connectivity index (χ1) is 3.48. The lowest BCUT2D eigenvalue weighted by atomic mass is 10.0. The lowest BCUT2D eigenvalue weighted by Crippen LogP contribution is -2.37. The molecule has 0 amide bonds. The van der Waals surface area contributed by atoms with E-state index in [2.05, 4.69) is 0 Å². The van der Waals surface area contributed by atoms with Crippen molar-refractivity contribution in [3.8, 4) is 0 Å². The van der Waals surface area contributed by atoms with Gasteiger partial charge in [0, 0.05) is 6.54 Å². The van der Waals surface area contributed by atoms with Crippen LogP contribution in [0.2, 0.25) is 0 Å². The van der Waals surface area contributed by atoms with Crippen LogP contribution in [0.15, 0.2) is 0 Å². The first-order valence-corrected chi connectivity index (χ1v) is 2.55. The minimum Gasteiger partial charge on any atom is -0.387 e. The Morgan fingerprint density at radius 3 is 2.12 bits per heavy atom. The molecular formula is C5H12FNO. The fourth-order valence-corrected chi connectivity index (χ4v) is 0.288. The van der Waals surface area contributed by atoms with E-state index in [9.17, 15) is 4.39 Å². The van der Waals surface area contributed by atoms with Gasteiger partial charge in [-0.1, -0.05) is 0 Å². The van der Waals surface area contributed by atoms with E-state index in [1.165, 1.54) is 13.8 Å². The number of hydrogen-bond acceptors (Lipinski definition) is 2. The third-order valence-corrected chi connectivity index (χ3v) is 0.973. The molecule has 3 heteroatoms. The smallest absolute Gasteiger partial charge is 0.140 e. The Kier molecular flexibility index (Phi) is 2.37. The first kappa shape index (κ1) is 7.85. The van der Waals surface area contributed by atoms with E-state index in [1.807, 2.05) is 0 Å². The second-order valence-corrected chi connectivity index (χ2v) is 2.36. The van der Waals surface area contributed by atoms with Gasteiger partial charge in [-0.3, -0.25) is 0 Å². The summed E-state index contributed by atoms with van der Waals surface area (Å²) in [6, 6.07) is 0. The van der Waals surface area contributed by atoms with Crippen molar-refractivity contribution in [3.63, 3.8) is 0 Å². The summed E-state index contributed by atoms with van der Waals surface area (Å²) < 4.78 is 12.3. The van der Waals surface area contributed by atoms with E-state index in [0.29, 0.717) is 0 Å². The van der Waals surface area contributed by atoms with E-state index in [4.69, 9.17) is 10.8 Å². The van der Waals surface area contributed by atoms with Crippen molar-refractivity contribution < 1.29 is 9.50 Å². The minimum atomic E-state index is -1.32. The van der Waals surface area contributed by atoms with E-state index in [0.717, 1.165) is 0 Å². The fraction of sp³-hybridized carbons (Fsp3) is 1.00. The molecule has 0 radical (unpaired) electrons. The maximum atomic E-state index is 12.3. The molecule has 0 bridgehead atoms. The Hall–Kier alpha value is -0.150. The van der Waals surface area contributed by atoms with Crippen LogP contribution in [-0.4, -0.2) is 23.4 Å². The fourth-order valence-electron chi connectivity index (χ4n) is 0.288. The van der Waals surface area contributed by atoms with Gasteiger partial charge >= 0.3 is 0 Å². The van der Waals surface area contributed by atoms with Crippen LogP contribution in [0.25, 0.3) is 0 Å². The molecule has 0 aromatic rings. The molecule has 2 nitrogen and oxygen atoms in total.